The van der Waals surface area contributed by atoms with Crippen molar-refractivity contribution in [2.45, 2.75) is 31.3 Å². The molecule has 0 bridgehead atoms. The Kier molecular flexibility index (Phi) is 3.87. The first-order valence-corrected chi connectivity index (χ1v) is 8.44. The van der Waals surface area contributed by atoms with Crippen molar-refractivity contribution in [3.8, 4) is 0 Å². The molecule has 0 radical (unpaired) electrons. The van der Waals surface area contributed by atoms with Crippen molar-refractivity contribution in [2.75, 3.05) is 0 Å². The van der Waals surface area contributed by atoms with Crippen LogP contribution in [0, 0.1) is 0 Å². The maximum atomic E-state index is 12.8. The minimum Gasteiger partial charge on any atom is -0.338 e. The summed E-state index contributed by atoms with van der Waals surface area (Å²) in [6.07, 6.45) is 10.4. The van der Waals surface area contributed by atoms with E-state index in [4.69, 9.17) is 0 Å². The van der Waals surface area contributed by atoms with Crippen molar-refractivity contribution >= 4 is 5.91 Å². The lowest BCUT2D eigenvalue weighted by molar-refractivity contribution is 0.0940. The molecule has 3 aromatic heterocycles. The number of aryl methyl sites for hydroxylation is 2. The molecule has 130 valence electrons. The lowest BCUT2D eigenvalue weighted by atomic mass is 9.93. The van der Waals surface area contributed by atoms with Crippen LogP contribution in [-0.4, -0.2) is 35.2 Å². The number of hydrogen-bond acceptors (Lipinski definition) is 4. The van der Waals surface area contributed by atoms with Gasteiger partial charge in [0.2, 0.25) is 0 Å². The second-order valence-electron chi connectivity index (χ2n) is 6.46. The van der Waals surface area contributed by atoms with Gasteiger partial charge in [-0.3, -0.25) is 18.8 Å². The fraction of sp³-hybridized carbons (Fsp3) is 0.412. The van der Waals surface area contributed by atoms with Crippen LogP contribution in [0.5, 0.6) is 0 Å². The molecule has 8 heteroatoms. The van der Waals surface area contributed by atoms with E-state index in [1.807, 2.05) is 37.1 Å². The summed E-state index contributed by atoms with van der Waals surface area (Å²) in [5.74, 6) is -0.155. The van der Waals surface area contributed by atoms with Gasteiger partial charge in [0, 0.05) is 32.7 Å². The number of nitrogens with zero attached hydrogens (tertiary/aromatic N) is 6. The van der Waals surface area contributed by atoms with E-state index in [-0.39, 0.29) is 11.9 Å². The number of nitrogens with one attached hydrogen (secondary N) is 1. The van der Waals surface area contributed by atoms with Gasteiger partial charge in [-0.15, -0.1) is 0 Å². The first kappa shape index (κ1) is 15.6. The zero-order valence-electron chi connectivity index (χ0n) is 14.3. The highest BCUT2D eigenvalue weighted by molar-refractivity contribution is 5.94. The molecular weight excluding hydrogens is 318 g/mol. The van der Waals surface area contributed by atoms with E-state index in [1.165, 1.54) is 6.42 Å². The highest BCUT2D eigenvalue weighted by atomic mass is 16.1. The topological polar surface area (TPSA) is 82.6 Å². The smallest absolute Gasteiger partial charge is 0.255 e. The maximum absolute atomic E-state index is 12.8. The standard InChI is InChI=1S/C17H21N7O/c1-22-14(6-8-18-22)16(15-7-9-19-23(15)2)21-17(25)12-10-20-24(11-12)13-4-3-5-13/h6-11,13,16H,3-5H2,1-2H3,(H,21,25). The van der Waals surface area contributed by atoms with Crippen LogP contribution in [0.2, 0.25) is 0 Å². The molecule has 1 aliphatic rings. The van der Waals surface area contributed by atoms with Crippen LogP contribution in [0.4, 0.5) is 0 Å². The Morgan fingerprint density at radius 3 is 2.24 bits per heavy atom. The summed E-state index contributed by atoms with van der Waals surface area (Å²) >= 11 is 0. The Morgan fingerprint density at radius 2 is 1.76 bits per heavy atom. The number of carbonyl (C=O) groups is 1. The summed E-state index contributed by atoms with van der Waals surface area (Å²) in [6.45, 7) is 0. The second kappa shape index (κ2) is 6.19. The number of hydrogen-bond donors (Lipinski definition) is 1. The molecule has 1 amide bonds. The van der Waals surface area contributed by atoms with E-state index in [0.717, 1.165) is 24.2 Å². The molecule has 0 spiro atoms. The molecule has 1 aliphatic carbocycles. The molecular formula is C17H21N7O. The number of aromatic nitrogens is 6. The van der Waals surface area contributed by atoms with Gasteiger partial charge in [0.15, 0.2) is 0 Å². The Morgan fingerprint density at radius 1 is 1.12 bits per heavy atom. The molecule has 0 atom stereocenters. The van der Waals surface area contributed by atoms with Crippen LogP contribution >= 0.6 is 0 Å². The van der Waals surface area contributed by atoms with Crippen molar-refractivity contribution in [2.24, 2.45) is 14.1 Å². The van der Waals surface area contributed by atoms with Crippen molar-refractivity contribution in [3.63, 3.8) is 0 Å². The second-order valence-corrected chi connectivity index (χ2v) is 6.46. The SMILES string of the molecule is Cn1nccc1C(NC(=O)c1cnn(C2CCC2)c1)c1ccnn1C. The van der Waals surface area contributed by atoms with E-state index in [2.05, 4.69) is 20.6 Å². The maximum Gasteiger partial charge on any atom is 0.255 e. The van der Waals surface area contributed by atoms with E-state index in [1.54, 1.807) is 28.0 Å². The molecule has 3 heterocycles. The summed E-state index contributed by atoms with van der Waals surface area (Å²) in [5.41, 5.74) is 2.35. The van der Waals surface area contributed by atoms with Crippen molar-refractivity contribution in [1.29, 1.82) is 0 Å². The molecule has 3 aromatic rings. The van der Waals surface area contributed by atoms with Crippen LogP contribution in [0.1, 0.15) is 53.1 Å². The fourth-order valence-corrected chi connectivity index (χ4v) is 3.15. The Balaban J connectivity index is 1.60. The van der Waals surface area contributed by atoms with Crippen molar-refractivity contribution < 1.29 is 4.79 Å². The van der Waals surface area contributed by atoms with Crippen LogP contribution in [0.3, 0.4) is 0 Å². The summed E-state index contributed by atoms with van der Waals surface area (Å²) < 4.78 is 5.42. The van der Waals surface area contributed by atoms with Crippen molar-refractivity contribution in [1.82, 2.24) is 34.7 Å². The van der Waals surface area contributed by atoms with Gasteiger partial charge in [0.1, 0.15) is 6.04 Å². The first-order valence-electron chi connectivity index (χ1n) is 8.44. The predicted octanol–water partition coefficient (Wildman–Crippen LogP) is 1.59. The summed E-state index contributed by atoms with van der Waals surface area (Å²) in [7, 11) is 3.72. The molecule has 25 heavy (non-hydrogen) atoms. The fourth-order valence-electron chi connectivity index (χ4n) is 3.15. The van der Waals surface area contributed by atoms with Crippen LogP contribution < -0.4 is 5.32 Å². The lowest BCUT2D eigenvalue weighted by Crippen LogP contribution is -2.32. The van der Waals surface area contributed by atoms with Crippen LogP contribution in [0.25, 0.3) is 0 Å². The van der Waals surface area contributed by atoms with E-state index in [9.17, 15) is 4.79 Å². The zero-order chi connectivity index (χ0) is 17.4. The summed E-state index contributed by atoms with van der Waals surface area (Å²) in [5, 5.41) is 15.9. The van der Waals surface area contributed by atoms with E-state index < -0.39 is 0 Å². The Bertz CT molecular complexity index is 846. The van der Waals surface area contributed by atoms with Gasteiger partial charge in [-0.25, -0.2) is 0 Å². The van der Waals surface area contributed by atoms with Gasteiger partial charge in [-0.05, 0) is 31.4 Å². The average Bonchev–Trinajstić information content (AvgIpc) is 3.25. The first-order chi connectivity index (χ1) is 12.1. The van der Waals surface area contributed by atoms with Gasteiger partial charge < -0.3 is 5.32 Å². The number of rotatable bonds is 5. The van der Waals surface area contributed by atoms with Gasteiger partial charge in [-0.2, -0.15) is 15.3 Å². The molecule has 8 nitrogen and oxygen atoms in total. The van der Waals surface area contributed by atoms with Crippen molar-refractivity contribution in [3.05, 3.63) is 53.9 Å². The molecule has 0 unspecified atom stereocenters. The molecule has 4 rings (SSSR count). The van der Waals surface area contributed by atoms with Gasteiger partial charge in [-0.1, -0.05) is 0 Å². The summed E-state index contributed by atoms with van der Waals surface area (Å²) in [6, 6.07) is 3.90. The molecule has 1 saturated carbocycles. The third kappa shape index (κ3) is 2.84. The highest BCUT2D eigenvalue weighted by Gasteiger charge is 2.25. The third-order valence-corrected chi connectivity index (χ3v) is 4.90. The molecule has 1 fully saturated rings. The molecule has 0 aliphatic heterocycles. The quantitative estimate of drug-likeness (QED) is 0.765. The Labute approximate surface area is 145 Å². The predicted molar refractivity (Wildman–Crippen MR) is 90.8 cm³/mol. The zero-order valence-corrected chi connectivity index (χ0v) is 14.3. The van der Waals surface area contributed by atoms with Gasteiger partial charge >= 0.3 is 0 Å². The average molecular weight is 339 g/mol. The van der Waals surface area contributed by atoms with Gasteiger partial charge in [0.05, 0.1) is 29.2 Å². The normalized spacial score (nSPS) is 14.7. The molecule has 0 saturated heterocycles. The minimum absolute atomic E-state index is 0.155. The number of amides is 1. The largest absolute Gasteiger partial charge is 0.338 e. The van der Waals surface area contributed by atoms with Gasteiger partial charge in [0.25, 0.3) is 5.91 Å². The summed E-state index contributed by atoms with van der Waals surface area (Å²) in [4.78, 5) is 12.8. The monoisotopic (exact) mass is 339 g/mol. The highest BCUT2D eigenvalue weighted by Crippen LogP contribution is 2.31. The van der Waals surface area contributed by atoms with E-state index in [0.29, 0.717) is 11.6 Å². The minimum atomic E-state index is -0.334. The lowest BCUT2D eigenvalue weighted by Gasteiger charge is -2.25. The van der Waals surface area contributed by atoms with Crippen LogP contribution in [0.15, 0.2) is 36.9 Å². The number of carbonyl (C=O) groups excluding carboxylic acids is 1. The molecule has 0 aromatic carbocycles. The van der Waals surface area contributed by atoms with E-state index >= 15 is 0 Å². The molecule has 1 N–H and O–H groups in total. The Hall–Kier alpha value is -2.90. The van der Waals surface area contributed by atoms with Crippen LogP contribution in [-0.2, 0) is 14.1 Å². The third-order valence-electron chi connectivity index (χ3n) is 4.90.